The molecule has 0 aromatic rings. The third kappa shape index (κ3) is 8.98. The van der Waals surface area contributed by atoms with E-state index in [0.717, 1.165) is 51.4 Å². The van der Waals surface area contributed by atoms with Gasteiger partial charge in [0.05, 0.1) is 6.10 Å². The second-order valence-electron chi connectivity index (χ2n) is 6.10. The summed E-state index contributed by atoms with van der Waals surface area (Å²) in [5.41, 5.74) is 0. The summed E-state index contributed by atoms with van der Waals surface area (Å²) in [6, 6.07) is 0. The maximum atomic E-state index is 11.8. The van der Waals surface area contributed by atoms with Crippen LogP contribution >= 0.6 is 0 Å². The molecule has 4 nitrogen and oxygen atoms in total. The van der Waals surface area contributed by atoms with E-state index in [4.69, 9.17) is 9.84 Å². The molecule has 1 aliphatic heterocycles. The molecule has 0 spiro atoms. The normalized spacial score (nSPS) is 20.4. The van der Waals surface area contributed by atoms with E-state index in [1.807, 2.05) is 6.08 Å². The van der Waals surface area contributed by atoms with Crippen LogP contribution in [-0.2, 0) is 14.3 Å². The first-order valence-electron chi connectivity index (χ1n) is 8.72. The van der Waals surface area contributed by atoms with Crippen LogP contribution in [0.1, 0.15) is 77.6 Å². The van der Waals surface area contributed by atoms with E-state index in [0.29, 0.717) is 0 Å². The van der Waals surface area contributed by atoms with Gasteiger partial charge in [0.1, 0.15) is 6.10 Å². The number of epoxide rings is 1. The highest BCUT2D eigenvalue weighted by molar-refractivity contribution is 5.95. The Kier molecular flexibility index (Phi) is 9.80. The summed E-state index contributed by atoms with van der Waals surface area (Å²) in [4.78, 5) is 22.2. The molecule has 1 fully saturated rings. The minimum Gasteiger partial charge on any atom is -0.481 e. The van der Waals surface area contributed by atoms with E-state index < -0.39 is 5.97 Å². The van der Waals surface area contributed by atoms with E-state index in [9.17, 15) is 9.59 Å². The number of ketones is 1. The molecule has 0 aromatic carbocycles. The van der Waals surface area contributed by atoms with Crippen LogP contribution in [0.2, 0.25) is 0 Å². The molecule has 1 saturated heterocycles. The van der Waals surface area contributed by atoms with Gasteiger partial charge in [-0.15, -0.1) is 0 Å². The van der Waals surface area contributed by atoms with E-state index >= 15 is 0 Å². The summed E-state index contributed by atoms with van der Waals surface area (Å²) in [6.45, 7) is 2.17. The smallest absolute Gasteiger partial charge is 0.303 e. The minimum atomic E-state index is -0.711. The van der Waals surface area contributed by atoms with Crippen LogP contribution in [0.3, 0.4) is 0 Å². The Morgan fingerprint density at radius 3 is 2.50 bits per heavy atom. The number of carbonyl (C=O) groups excluding carboxylic acids is 1. The average Bonchev–Trinajstić information content (AvgIpc) is 3.25. The lowest BCUT2D eigenvalue weighted by Crippen LogP contribution is -2.06. The quantitative estimate of drug-likeness (QED) is 0.295. The molecular formula is C18H30O4. The van der Waals surface area contributed by atoms with Gasteiger partial charge in [-0.1, -0.05) is 51.5 Å². The van der Waals surface area contributed by atoms with E-state index in [1.54, 1.807) is 6.08 Å². The summed E-state index contributed by atoms with van der Waals surface area (Å²) in [7, 11) is 0. The topological polar surface area (TPSA) is 66.9 Å². The number of carboxylic acids is 1. The largest absolute Gasteiger partial charge is 0.481 e. The molecule has 0 aliphatic carbocycles. The Morgan fingerprint density at radius 2 is 1.77 bits per heavy atom. The average molecular weight is 310 g/mol. The molecule has 0 bridgehead atoms. The molecule has 0 amide bonds. The lowest BCUT2D eigenvalue weighted by molar-refractivity contribution is -0.137. The van der Waals surface area contributed by atoms with Crippen molar-refractivity contribution in [3.05, 3.63) is 12.2 Å². The standard InChI is InChI=1S/C18H30O4/c1-2-3-9-13-16-18(22-16)15(19)12-10-7-5-4-6-8-11-14-17(20)21/h10,12,16,18H,2-9,11,13-14H2,1H3,(H,20,21)/b12-10+/t16-,18-/m0/s1. The van der Waals surface area contributed by atoms with Crippen molar-refractivity contribution in [1.29, 1.82) is 0 Å². The Bertz CT molecular complexity index is 362. The summed E-state index contributed by atoms with van der Waals surface area (Å²) < 4.78 is 5.42. The molecule has 0 saturated carbocycles. The highest BCUT2D eigenvalue weighted by atomic mass is 16.6. The molecular weight excluding hydrogens is 280 g/mol. The molecule has 1 aliphatic rings. The SMILES string of the molecule is CCCCC[C@@H]1O[C@H]1C(=O)/C=C/CCCCCCCC(=O)O. The monoisotopic (exact) mass is 310 g/mol. The molecule has 22 heavy (non-hydrogen) atoms. The number of ether oxygens (including phenoxy) is 1. The third-order valence-electron chi connectivity index (χ3n) is 4.00. The third-order valence-corrected chi connectivity index (χ3v) is 4.00. The van der Waals surface area contributed by atoms with Gasteiger partial charge in [-0.25, -0.2) is 0 Å². The predicted molar refractivity (Wildman–Crippen MR) is 86.9 cm³/mol. The van der Waals surface area contributed by atoms with Gasteiger partial charge in [0, 0.05) is 6.42 Å². The zero-order chi connectivity index (χ0) is 16.2. The zero-order valence-electron chi connectivity index (χ0n) is 13.8. The van der Waals surface area contributed by atoms with Crippen LogP contribution in [0.4, 0.5) is 0 Å². The van der Waals surface area contributed by atoms with Gasteiger partial charge in [0.2, 0.25) is 0 Å². The first-order chi connectivity index (χ1) is 10.6. The maximum Gasteiger partial charge on any atom is 0.303 e. The van der Waals surface area contributed by atoms with Crippen LogP contribution in [0.15, 0.2) is 12.2 Å². The number of unbranched alkanes of at least 4 members (excludes halogenated alkanes) is 7. The van der Waals surface area contributed by atoms with Crippen LogP contribution in [0.5, 0.6) is 0 Å². The van der Waals surface area contributed by atoms with Crippen molar-refractivity contribution in [3.8, 4) is 0 Å². The molecule has 1 rings (SSSR count). The van der Waals surface area contributed by atoms with Crippen molar-refractivity contribution in [3.63, 3.8) is 0 Å². The Morgan fingerprint density at radius 1 is 1.05 bits per heavy atom. The van der Waals surface area contributed by atoms with E-state index in [-0.39, 0.29) is 24.4 Å². The molecule has 1 heterocycles. The summed E-state index contributed by atoms with van der Waals surface area (Å²) in [5, 5.41) is 8.52. The second kappa shape index (κ2) is 11.4. The Labute approximate surface area is 133 Å². The van der Waals surface area contributed by atoms with Crippen LogP contribution in [0, 0.1) is 0 Å². The molecule has 4 heteroatoms. The highest BCUT2D eigenvalue weighted by Crippen LogP contribution is 2.28. The lowest BCUT2D eigenvalue weighted by Gasteiger charge is -1.98. The lowest BCUT2D eigenvalue weighted by atomic mass is 10.1. The summed E-state index contributed by atoms with van der Waals surface area (Å²) in [5.74, 6) is -0.598. The van der Waals surface area contributed by atoms with Gasteiger partial charge in [0.25, 0.3) is 0 Å². The number of rotatable bonds is 14. The number of carbonyl (C=O) groups is 2. The molecule has 126 valence electrons. The van der Waals surface area contributed by atoms with Gasteiger partial charge >= 0.3 is 5.97 Å². The summed E-state index contributed by atoms with van der Waals surface area (Å²) >= 11 is 0. The minimum absolute atomic E-state index is 0.114. The van der Waals surface area contributed by atoms with Crippen LogP contribution < -0.4 is 0 Å². The number of hydrogen-bond acceptors (Lipinski definition) is 3. The maximum absolute atomic E-state index is 11.8. The fraction of sp³-hybridized carbons (Fsp3) is 0.778. The zero-order valence-corrected chi connectivity index (χ0v) is 13.8. The fourth-order valence-corrected chi connectivity index (χ4v) is 2.57. The van der Waals surface area contributed by atoms with E-state index in [2.05, 4.69) is 6.92 Å². The molecule has 0 aromatic heterocycles. The van der Waals surface area contributed by atoms with Gasteiger partial charge < -0.3 is 9.84 Å². The van der Waals surface area contributed by atoms with Gasteiger partial charge in [-0.2, -0.15) is 0 Å². The number of allylic oxidation sites excluding steroid dienone is 1. The van der Waals surface area contributed by atoms with Crippen LogP contribution in [-0.4, -0.2) is 29.1 Å². The van der Waals surface area contributed by atoms with Crippen molar-refractivity contribution in [2.75, 3.05) is 0 Å². The summed E-state index contributed by atoms with van der Waals surface area (Å²) in [6.07, 6.45) is 14.3. The van der Waals surface area contributed by atoms with E-state index in [1.165, 1.54) is 12.8 Å². The second-order valence-corrected chi connectivity index (χ2v) is 6.10. The van der Waals surface area contributed by atoms with Crippen molar-refractivity contribution in [2.45, 2.75) is 89.8 Å². The van der Waals surface area contributed by atoms with Crippen molar-refractivity contribution in [1.82, 2.24) is 0 Å². The van der Waals surface area contributed by atoms with Crippen LogP contribution in [0.25, 0.3) is 0 Å². The Hall–Kier alpha value is -1.16. The van der Waals surface area contributed by atoms with Crippen molar-refractivity contribution in [2.24, 2.45) is 0 Å². The van der Waals surface area contributed by atoms with Gasteiger partial charge in [-0.05, 0) is 31.8 Å². The van der Waals surface area contributed by atoms with Crippen molar-refractivity contribution >= 4 is 11.8 Å². The molecule has 1 N–H and O–H groups in total. The highest BCUT2D eigenvalue weighted by Gasteiger charge is 2.42. The predicted octanol–water partition coefficient (Wildman–Crippen LogP) is 4.27. The first-order valence-corrected chi connectivity index (χ1v) is 8.72. The fourth-order valence-electron chi connectivity index (χ4n) is 2.57. The molecule has 0 unspecified atom stereocenters. The number of aliphatic carboxylic acids is 1. The van der Waals surface area contributed by atoms with Gasteiger partial charge in [0.15, 0.2) is 5.78 Å². The van der Waals surface area contributed by atoms with Gasteiger partial charge in [-0.3, -0.25) is 9.59 Å². The number of hydrogen-bond donors (Lipinski definition) is 1. The molecule has 0 radical (unpaired) electrons. The Balaban J connectivity index is 1.93. The van der Waals surface area contributed by atoms with Crippen molar-refractivity contribution < 1.29 is 19.4 Å². The number of carboxylic acid groups (broad SMARTS) is 1. The first kappa shape index (κ1) is 18.9. The molecule has 2 atom stereocenters.